The lowest BCUT2D eigenvalue weighted by atomic mass is 9.87. The van der Waals surface area contributed by atoms with Gasteiger partial charge in [-0.05, 0) is 82.2 Å². The molecule has 4 heterocycles. The molecule has 1 aromatic heterocycles. The maximum absolute atomic E-state index is 13.6. The third kappa shape index (κ3) is 4.45. The maximum Gasteiger partial charge on any atom is 0.332 e. The lowest BCUT2D eigenvalue weighted by Crippen LogP contribution is -2.49. The molecule has 9 heteroatoms. The lowest BCUT2D eigenvalue weighted by molar-refractivity contribution is -0.123. The van der Waals surface area contributed by atoms with Gasteiger partial charge in [0.25, 0.3) is 5.91 Å². The largest absolute Gasteiger partial charge is 0.335 e. The number of fused-ring (bicyclic) bond motifs is 1. The average Bonchev–Trinajstić information content (AvgIpc) is 3.23. The molecule has 1 N–H and O–H groups in total. The summed E-state index contributed by atoms with van der Waals surface area (Å²) >= 11 is 0. The van der Waals surface area contributed by atoms with Gasteiger partial charge in [-0.2, -0.15) is 0 Å². The second kappa shape index (κ2) is 9.13. The highest BCUT2D eigenvalue weighted by Crippen LogP contribution is 2.44. The van der Waals surface area contributed by atoms with E-state index < -0.39 is 5.54 Å². The van der Waals surface area contributed by atoms with E-state index in [4.69, 9.17) is 0 Å². The number of aromatic nitrogens is 1. The number of likely N-dealkylation sites (tertiary alicyclic amines) is 1. The van der Waals surface area contributed by atoms with Crippen molar-refractivity contribution < 1.29 is 14.4 Å². The van der Waals surface area contributed by atoms with Crippen molar-refractivity contribution in [1.29, 1.82) is 0 Å². The van der Waals surface area contributed by atoms with Crippen LogP contribution in [-0.4, -0.2) is 71.0 Å². The fourth-order valence-corrected chi connectivity index (χ4v) is 5.61. The van der Waals surface area contributed by atoms with E-state index in [-0.39, 0.29) is 29.4 Å². The van der Waals surface area contributed by atoms with Gasteiger partial charge in [0.2, 0.25) is 0 Å². The van der Waals surface area contributed by atoms with Crippen LogP contribution >= 0.6 is 0 Å². The molecule has 0 saturated carbocycles. The Labute approximate surface area is 218 Å². The Morgan fingerprint density at radius 2 is 1.73 bits per heavy atom. The molecule has 196 valence electrons. The Balaban J connectivity index is 1.42. The number of imide groups is 1. The molecule has 0 atom stereocenters. The minimum absolute atomic E-state index is 0.128. The Morgan fingerprint density at radius 1 is 1.05 bits per heavy atom. The van der Waals surface area contributed by atoms with Crippen LogP contribution in [0.15, 0.2) is 42.7 Å². The number of benzene rings is 1. The second-order valence-electron chi connectivity index (χ2n) is 11.6. The van der Waals surface area contributed by atoms with Gasteiger partial charge in [-0.15, -0.1) is 0 Å². The molecule has 0 spiro atoms. The summed E-state index contributed by atoms with van der Waals surface area (Å²) in [5, 5.41) is 3.21. The van der Waals surface area contributed by atoms with Crippen molar-refractivity contribution in [3.05, 3.63) is 53.9 Å². The van der Waals surface area contributed by atoms with Crippen LogP contribution in [0.25, 0.3) is 0 Å². The third-order valence-corrected chi connectivity index (χ3v) is 8.02. The molecule has 2 saturated heterocycles. The number of hydrogen-bond donors (Lipinski definition) is 1. The standard InChI is InChI=1S/C28H36N6O3/c1-27(2)18-32(25(36)30-20-10-14-31(5)15-11-20)23-16-21(6-7-22(23)27)34-24(35)28(3,4)33(26(34)37)17-19-8-12-29-13-9-19/h6-9,12-13,16,20H,10-11,14-15,17-18H2,1-5H3,(H,30,36). The van der Waals surface area contributed by atoms with Crippen molar-refractivity contribution in [1.82, 2.24) is 20.1 Å². The average molecular weight is 505 g/mol. The smallest absolute Gasteiger partial charge is 0.332 e. The van der Waals surface area contributed by atoms with Crippen LogP contribution in [-0.2, 0) is 16.8 Å². The first-order chi connectivity index (χ1) is 17.5. The lowest BCUT2D eigenvalue weighted by Gasteiger charge is -2.31. The number of nitrogens with zero attached hydrogens (tertiary/aromatic N) is 5. The zero-order valence-corrected chi connectivity index (χ0v) is 22.3. The van der Waals surface area contributed by atoms with Crippen LogP contribution in [0.3, 0.4) is 0 Å². The molecular weight excluding hydrogens is 468 g/mol. The molecule has 5 amide bonds. The van der Waals surface area contributed by atoms with E-state index in [1.54, 1.807) is 36.0 Å². The van der Waals surface area contributed by atoms with E-state index in [1.807, 2.05) is 30.3 Å². The van der Waals surface area contributed by atoms with Crippen molar-refractivity contribution >= 4 is 29.3 Å². The number of urea groups is 2. The van der Waals surface area contributed by atoms with Crippen LogP contribution in [0, 0.1) is 0 Å². The number of piperidine rings is 1. The van der Waals surface area contributed by atoms with Crippen molar-refractivity contribution in [2.45, 2.75) is 64.1 Å². The number of pyridine rings is 1. The van der Waals surface area contributed by atoms with Crippen LogP contribution in [0.2, 0.25) is 0 Å². The van der Waals surface area contributed by atoms with Gasteiger partial charge in [0.15, 0.2) is 0 Å². The van der Waals surface area contributed by atoms with E-state index >= 15 is 0 Å². The SMILES string of the molecule is CN1CCC(NC(=O)N2CC(C)(C)c3ccc(N4C(=O)N(Cc5ccncc5)C(C)(C)C4=O)cc32)CC1. The van der Waals surface area contributed by atoms with Crippen molar-refractivity contribution in [3.63, 3.8) is 0 Å². The van der Waals surface area contributed by atoms with E-state index in [0.29, 0.717) is 18.8 Å². The maximum atomic E-state index is 13.6. The third-order valence-electron chi connectivity index (χ3n) is 8.02. The highest BCUT2D eigenvalue weighted by Gasteiger charge is 2.52. The summed E-state index contributed by atoms with van der Waals surface area (Å²) in [6, 6.07) is 8.92. The Hall–Kier alpha value is -3.46. The molecule has 3 aliphatic rings. The van der Waals surface area contributed by atoms with Gasteiger partial charge in [-0.25, -0.2) is 14.5 Å². The minimum Gasteiger partial charge on any atom is -0.335 e. The van der Waals surface area contributed by atoms with Gasteiger partial charge in [0.05, 0.1) is 11.4 Å². The normalized spacial score (nSPS) is 21.5. The molecule has 0 aliphatic carbocycles. The number of carbonyl (C=O) groups excluding carboxylic acids is 3. The number of hydrogen-bond acceptors (Lipinski definition) is 5. The predicted molar refractivity (Wildman–Crippen MR) is 143 cm³/mol. The van der Waals surface area contributed by atoms with Crippen LogP contribution in [0.4, 0.5) is 21.0 Å². The first-order valence-electron chi connectivity index (χ1n) is 13.0. The molecular formula is C28H36N6O3. The van der Waals surface area contributed by atoms with Gasteiger partial charge in [0, 0.05) is 36.9 Å². The molecule has 0 bridgehead atoms. The van der Waals surface area contributed by atoms with Crippen LogP contribution in [0.1, 0.15) is 51.7 Å². The first-order valence-corrected chi connectivity index (χ1v) is 13.0. The van der Waals surface area contributed by atoms with Gasteiger partial charge in [-0.3, -0.25) is 14.7 Å². The summed E-state index contributed by atoms with van der Waals surface area (Å²) < 4.78 is 0. The number of nitrogens with one attached hydrogen (secondary N) is 1. The van der Waals surface area contributed by atoms with Crippen molar-refractivity contribution in [3.8, 4) is 0 Å². The molecule has 9 nitrogen and oxygen atoms in total. The summed E-state index contributed by atoms with van der Waals surface area (Å²) in [5.41, 5.74) is 1.90. The Kier molecular flexibility index (Phi) is 6.22. The topological polar surface area (TPSA) is 89.1 Å². The summed E-state index contributed by atoms with van der Waals surface area (Å²) in [6.45, 7) is 10.5. The Bertz CT molecular complexity index is 1220. The Morgan fingerprint density at radius 3 is 2.41 bits per heavy atom. The molecule has 2 aromatic rings. The van der Waals surface area contributed by atoms with Gasteiger partial charge in [-0.1, -0.05) is 19.9 Å². The minimum atomic E-state index is -1.01. The van der Waals surface area contributed by atoms with E-state index in [1.165, 1.54) is 4.90 Å². The zero-order chi connectivity index (χ0) is 26.5. The first kappa shape index (κ1) is 25.2. The van der Waals surface area contributed by atoms with Gasteiger partial charge in [0.1, 0.15) is 5.54 Å². The molecule has 5 rings (SSSR count). The highest BCUT2D eigenvalue weighted by atomic mass is 16.2. The molecule has 1 aromatic carbocycles. The van der Waals surface area contributed by atoms with Crippen molar-refractivity contribution in [2.75, 3.05) is 36.5 Å². The van der Waals surface area contributed by atoms with Gasteiger partial charge < -0.3 is 15.1 Å². The molecule has 3 aliphatic heterocycles. The van der Waals surface area contributed by atoms with Crippen LogP contribution in [0.5, 0.6) is 0 Å². The number of rotatable bonds is 4. The van der Waals surface area contributed by atoms with E-state index in [0.717, 1.165) is 42.7 Å². The van der Waals surface area contributed by atoms with E-state index in [9.17, 15) is 14.4 Å². The number of amides is 5. The van der Waals surface area contributed by atoms with E-state index in [2.05, 4.69) is 36.1 Å². The van der Waals surface area contributed by atoms with Crippen LogP contribution < -0.4 is 15.1 Å². The fraction of sp³-hybridized carbons (Fsp3) is 0.500. The number of anilines is 2. The van der Waals surface area contributed by atoms with Gasteiger partial charge >= 0.3 is 12.1 Å². The monoisotopic (exact) mass is 504 g/mol. The highest BCUT2D eigenvalue weighted by molar-refractivity contribution is 6.23. The number of carbonyl (C=O) groups is 3. The zero-order valence-electron chi connectivity index (χ0n) is 22.3. The molecule has 2 fully saturated rings. The van der Waals surface area contributed by atoms with Crippen molar-refractivity contribution in [2.24, 2.45) is 0 Å². The second-order valence-corrected chi connectivity index (χ2v) is 11.6. The molecule has 0 unspecified atom stereocenters. The summed E-state index contributed by atoms with van der Waals surface area (Å²) in [6.07, 6.45) is 5.20. The summed E-state index contributed by atoms with van der Waals surface area (Å²) in [4.78, 5) is 51.4. The fourth-order valence-electron chi connectivity index (χ4n) is 5.61. The quantitative estimate of drug-likeness (QED) is 0.641. The molecule has 37 heavy (non-hydrogen) atoms. The summed E-state index contributed by atoms with van der Waals surface area (Å²) in [7, 11) is 2.10. The predicted octanol–water partition coefficient (Wildman–Crippen LogP) is 3.73. The molecule has 0 radical (unpaired) electrons. The summed E-state index contributed by atoms with van der Waals surface area (Å²) in [5.74, 6) is -0.286.